The number of alkyl halides is 1. The van der Waals surface area contributed by atoms with Gasteiger partial charge in [-0.2, -0.15) is 4.98 Å². The van der Waals surface area contributed by atoms with Gasteiger partial charge in [-0.25, -0.2) is 9.18 Å². The number of aliphatic hydroxyl groups is 2. The molecule has 1 aliphatic heterocycles. The number of aromatic nitrogens is 2. The van der Waals surface area contributed by atoms with Gasteiger partial charge in [-0.3, -0.25) is 14.2 Å². The molecule has 0 aliphatic carbocycles. The van der Waals surface area contributed by atoms with Crippen molar-refractivity contribution in [3.63, 3.8) is 0 Å². The maximum atomic E-state index is 15.9. The molecule has 2 rings (SSSR count). The Labute approximate surface area is 161 Å². The zero-order valence-corrected chi connectivity index (χ0v) is 16.4. The van der Waals surface area contributed by atoms with Gasteiger partial charge in [0.05, 0.1) is 0 Å². The molecule has 1 saturated heterocycles. The van der Waals surface area contributed by atoms with Crippen molar-refractivity contribution in [3.05, 3.63) is 22.7 Å². The molecule has 2 heterocycles. The average molecular weight is 399 g/mol. The molecule has 9 nitrogen and oxygen atoms in total. The Morgan fingerprint density at radius 3 is 2.36 bits per heavy atom. The van der Waals surface area contributed by atoms with Crippen LogP contribution in [0.2, 0.25) is 0 Å². The molecule has 1 unspecified atom stereocenters. The van der Waals surface area contributed by atoms with E-state index in [0.29, 0.717) is 0 Å². The van der Waals surface area contributed by atoms with E-state index >= 15 is 4.39 Å². The number of nitrogen functional groups attached to an aromatic ring is 1. The Bertz CT molecular complexity index is 837. The van der Waals surface area contributed by atoms with Gasteiger partial charge in [0.1, 0.15) is 18.0 Å². The van der Waals surface area contributed by atoms with Gasteiger partial charge in [0.2, 0.25) is 0 Å². The summed E-state index contributed by atoms with van der Waals surface area (Å²) in [5.74, 6) is -3.31. The SMILES string of the molecule is CC(C)C(=O)C(O)[C@H]1O[C@@H](n2ccc(N)nc2=O)[C@](C)(F)[C@@]1(O)C(=O)C(C)C. The van der Waals surface area contributed by atoms with Gasteiger partial charge in [0.15, 0.2) is 29.1 Å². The molecule has 156 valence electrons. The average Bonchev–Trinajstić information content (AvgIpc) is 2.80. The number of hydrogen-bond donors (Lipinski definition) is 3. The molecule has 5 atom stereocenters. The van der Waals surface area contributed by atoms with Crippen molar-refractivity contribution in [3.8, 4) is 0 Å². The highest BCUT2D eigenvalue weighted by atomic mass is 19.1. The minimum atomic E-state index is -2.88. The van der Waals surface area contributed by atoms with Crippen LogP contribution in [0, 0.1) is 11.8 Å². The lowest BCUT2D eigenvalue weighted by Crippen LogP contribution is -2.64. The first-order chi connectivity index (χ1) is 12.8. The standard InChI is InChI=1S/C18H26FN3O6/c1-8(2)11(23)12(24)14-18(27,13(25)9(3)4)17(5,19)15(28-14)22-7-6-10(20)21-16(22)26/h6-9,12,14-15,24,27H,1-5H3,(H2,20,21,26)/t12?,14-,15-,17+,18-/m1/s1. The number of ether oxygens (including phenoxy) is 1. The summed E-state index contributed by atoms with van der Waals surface area (Å²) in [5.41, 5.74) is -1.28. The third-order valence-electron chi connectivity index (χ3n) is 5.05. The molecule has 0 radical (unpaired) electrons. The summed E-state index contributed by atoms with van der Waals surface area (Å²) in [4.78, 5) is 40.8. The molecule has 1 aromatic rings. The number of halogens is 1. The van der Waals surface area contributed by atoms with Gasteiger partial charge in [0, 0.05) is 18.0 Å². The number of hydrogen-bond acceptors (Lipinski definition) is 8. The second kappa shape index (κ2) is 7.34. The fourth-order valence-corrected chi connectivity index (χ4v) is 3.38. The lowest BCUT2D eigenvalue weighted by atomic mass is 9.73. The number of nitrogens with zero attached hydrogens (tertiary/aromatic N) is 2. The van der Waals surface area contributed by atoms with Crippen molar-refractivity contribution in [1.82, 2.24) is 9.55 Å². The number of nitrogens with two attached hydrogens (primary N) is 1. The van der Waals surface area contributed by atoms with Crippen molar-refractivity contribution in [2.24, 2.45) is 11.8 Å². The molecule has 0 amide bonds. The van der Waals surface area contributed by atoms with Crippen LogP contribution in [0.25, 0.3) is 0 Å². The Balaban J connectivity index is 2.66. The number of carbonyl (C=O) groups excluding carboxylic acids is 2. The normalized spacial score (nSPS) is 31.4. The molecular weight excluding hydrogens is 373 g/mol. The van der Waals surface area contributed by atoms with Crippen LogP contribution in [0.5, 0.6) is 0 Å². The molecule has 0 saturated carbocycles. The zero-order valence-electron chi connectivity index (χ0n) is 16.4. The van der Waals surface area contributed by atoms with Gasteiger partial charge in [-0.05, 0) is 13.0 Å². The van der Waals surface area contributed by atoms with E-state index in [1.807, 2.05) is 0 Å². The first-order valence-corrected chi connectivity index (χ1v) is 8.94. The summed E-state index contributed by atoms with van der Waals surface area (Å²) >= 11 is 0. The highest BCUT2D eigenvalue weighted by Gasteiger charge is 2.71. The second-order valence-corrected chi connectivity index (χ2v) is 7.81. The van der Waals surface area contributed by atoms with Gasteiger partial charge in [-0.1, -0.05) is 27.7 Å². The van der Waals surface area contributed by atoms with Crippen molar-refractivity contribution in [2.45, 2.75) is 64.3 Å². The number of carbonyl (C=O) groups is 2. The minimum Gasteiger partial charge on any atom is -0.383 e. The molecule has 4 N–H and O–H groups in total. The molecule has 0 spiro atoms. The lowest BCUT2D eigenvalue weighted by molar-refractivity contribution is -0.170. The second-order valence-electron chi connectivity index (χ2n) is 7.81. The van der Waals surface area contributed by atoms with Gasteiger partial charge in [0.25, 0.3) is 0 Å². The number of anilines is 1. The molecule has 0 bridgehead atoms. The molecule has 10 heteroatoms. The van der Waals surface area contributed by atoms with Crippen LogP contribution in [0.3, 0.4) is 0 Å². The smallest absolute Gasteiger partial charge is 0.351 e. The highest BCUT2D eigenvalue weighted by Crippen LogP contribution is 2.50. The predicted octanol–water partition coefficient (Wildman–Crippen LogP) is -0.00670. The first-order valence-electron chi connectivity index (χ1n) is 8.94. The summed E-state index contributed by atoms with van der Waals surface area (Å²) in [6.45, 7) is 6.77. The molecular formula is C18H26FN3O6. The van der Waals surface area contributed by atoms with E-state index in [2.05, 4.69) is 4.98 Å². The summed E-state index contributed by atoms with van der Waals surface area (Å²) in [6.07, 6.45) is -4.61. The van der Waals surface area contributed by atoms with Crippen LogP contribution in [0.1, 0.15) is 40.8 Å². The number of ketones is 2. The highest BCUT2D eigenvalue weighted by molar-refractivity contribution is 5.93. The lowest BCUT2D eigenvalue weighted by Gasteiger charge is -2.37. The van der Waals surface area contributed by atoms with Crippen molar-refractivity contribution in [2.75, 3.05) is 5.73 Å². The Kier molecular flexibility index (Phi) is 5.80. The Morgan fingerprint density at radius 2 is 1.89 bits per heavy atom. The van der Waals surface area contributed by atoms with E-state index in [9.17, 15) is 24.6 Å². The topological polar surface area (TPSA) is 145 Å². The number of Topliss-reactive ketones (excluding diaryl/α,β-unsaturated/α-hetero) is 2. The summed E-state index contributed by atoms with van der Waals surface area (Å²) < 4.78 is 22.1. The van der Waals surface area contributed by atoms with Gasteiger partial charge in [-0.15, -0.1) is 0 Å². The summed E-state index contributed by atoms with van der Waals surface area (Å²) in [6, 6.07) is 1.22. The Hall–Kier alpha value is -2.17. The van der Waals surface area contributed by atoms with Crippen LogP contribution >= 0.6 is 0 Å². The molecule has 28 heavy (non-hydrogen) atoms. The minimum absolute atomic E-state index is 0.111. The molecule has 1 aromatic heterocycles. The summed E-state index contributed by atoms with van der Waals surface area (Å²) in [5, 5.41) is 21.7. The van der Waals surface area contributed by atoms with Gasteiger partial charge >= 0.3 is 5.69 Å². The fourth-order valence-electron chi connectivity index (χ4n) is 3.38. The van der Waals surface area contributed by atoms with E-state index in [0.717, 1.165) is 17.7 Å². The maximum absolute atomic E-state index is 15.9. The molecule has 1 fully saturated rings. The zero-order chi connectivity index (χ0) is 21.6. The third kappa shape index (κ3) is 3.25. The van der Waals surface area contributed by atoms with Crippen LogP contribution in [-0.4, -0.2) is 54.8 Å². The quantitative estimate of drug-likeness (QED) is 0.606. The van der Waals surface area contributed by atoms with Crippen LogP contribution in [0.4, 0.5) is 10.2 Å². The molecule has 0 aromatic carbocycles. The first kappa shape index (κ1) is 22.1. The number of aliphatic hydroxyl groups excluding tert-OH is 1. The maximum Gasteiger partial charge on any atom is 0.351 e. The van der Waals surface area contributed by atoms with Crippen molar-refractivity contribution in [1.29, 1.82) is 0 Å². The van der Waals surface area contributed by atoms with Crippen molar-refractivity contribution < 1.29 is 28.9 Å². The van der Waals surface area contributed by atoms with E-state index in [1.54, 1.807) is 0 Å². The van der Waals surface area contributed by atoms with E-state index < -0.39 is 58.8 Å². The Morgan fingerprint density at radius 1 is 1.32 bits per heavy atom. The number of rotatable bonds is 6. The monoisotopic (exact) mass is 399 g/mol. The van der Waals surface area contributed by atoms with E-state index in [4.69, 9.17) is 10.5 Å². The summed E-state index contributed by atoms with van der Waals surface area (Å²) in [7, 11) is 0. The van der Waals surface area contributed by atoms with Crippen molar-refractivity contribution >= 4 is 17.4 Å². The van der Waals surface area contributed by atoms with Crippen LogP contribution in [0.15, 0.2) is 17.1 Å². The van der Waals surface area contributed by atoms with E-state index in [-0.39, 0.29) is 5.82 Å². The third-order valence-corrected chi connectivity index (χ3v) is 5.05. The van der Waals surface area contributed by atoms with Gasteiger partial charge < -0.3 is 20.7 Å². The van der Waals surface area contributed by atoms with Crippen LogP contribution in [-0.2, 0) is 14.3 Å². The van der Waals surface area contributed by atoms with Crippen LogP contribution < -0.4 is 11.4 Å². The molecule has 1 aliphatic rings. The largest absolute Gasteiger partial charge is 0.383 e. The van der Waals surface area contributed by atoms with E-state index in [1.165, 1.54) is 33.8 Å². The fraction of sp³-hybridized carbons (Fsp3) is 0.667. The predicted molar refractivity (Wildman–Crippen MR) is 97.0 cm³/mol.